The van der Waals surface area contributed by atoms with Crippen molar-refractivity contribution in [3.63, 3.8) is 0 Å². The average Bonchev–Trinajstić information content (AvgIpc) is 2.46. The van der Waals surface area contributed by atoms with E-state index in [0.717, 1.165) is 18.7 Å². The zero-order chi connectivity index (χ0) is 14.4. The summed E-state index contributed by atoms with van der Waals surface area (Å²) in [6, 6.07) is 10.3. The summed E-state index contributed by atoms with van der Waals surface area (Å²) in [5, 5.41) is 6.45. The van der Waals surface area contributed by atoms with Crippen LogP contribution in [0.5, 0.6) is 0 Å². The molecule has 21 heavy (non-hydrogen) atoms. The SMILES string of the molecule is CC(C)C(NC(=O)CC1COCCN1)c1ccccc1.Cl. The molecular formula is C16H25ClN2O2. The molecule has 1 aliphatic heterocycles. The Morgan fingerprint density at radius 3 is 2.67 bits per heavy atom. The zero-order valence-electron chi connectivity index (χ0n) is 12.7. The molecule has 0 saturated carbocycles. The number of benzene rings is 1. The van der Waals surface area contributed by atoms with Crippen LogP contribution < -0.4 is 10.6 Å². The van der Waals surface area contributed by atoms with Crippen LogP contribution in [0.4, 0.5) is 0 Å². The maximum atomic E-state index is 12.2. The molecule has 118 valence electrons. The van der Waals surface area contributed by atoms with Gasteiger partial charge in [-0.3, -0.25) is 4.79 Å². The smallest absolute Gasteiger partial charge is 0.222 e. The van der Waals surface area contributed by atoms with E-state index in [2.05, 4.69) is 36.6 Å². The summed E-state index contributed by atoms with van der Waals surface area (Å²) in [7, 11) is 0. The van der Waals surface area contributed by atoms with Crippen molar-refractivity contribution >= 4 is 18.3 Å². The maximum Gasteiger partial charge on any atom is 0.222 e. The fraction of sp³-hybridized carbons (Fsp3) is 0.562. The van der Waals surface area contributed by atoms with Gasteiger partial charge in [-0.05, 0) is 11.5 Å². The van der Waals surface area contributed by atoms with Crippen molar-refractivity contribution in [3.05, 3.63) is 35.9 Å². The van der Waals surface area contributed by atoms with Crippen LogP contribution in [0.2, 0.25) is 0 Å². The van der Waals surface area contributed by atoms with E-state index in [-0.39, 0.29) is 30.4 Å². The Hall–Kier alpha value is -1.10. The summed E-state index contributed by atoms with van der Waals surface area (Å²) in [4.78, 5) is 12.2. The average molecular weight is 313 g/mol. The van der Waals surface area contributed by atoms with Crippen molar-refractivity contribution in [2.75, 3.05) is 19.8 Å². The molecule has 2 unspecified atom stereocenters. The van der Waals surface area contributed by atoms with Gasteiger partial charge in [-0.2, -0.15) is 0 Å². The van der Waals surface area contributed by atoms with Gasteiger partial charge in [0.05, 0.1) is 19.3 Å². The number of nitrogens with one attached hydrogen (secondary N) is 2. The molecule has 1 aromatic carbocycles. The summed E-state index contributed by atoms with van der Waals surface area (Å²) < 4.78 is 5.38. The highest BCUT2D eigenvalue weighted by molar-refractivity contribution is 5.85. The number of morpholine rings is 1. The minimum atomic E-state index is 0. The molecule has 0 bridgehead atoms. The molecule has 2 N–H and O–H groups in total. The fourth-order valence-corrected chi connectivity index (χ4v) is 2.50. The number of carbonyl (C=O) groups excluding carboxylic acids is 1. The van der Waals surface area contributed by atoms with Crippen molar-refractivity contribution in [3.8, 4) is 0 Å². The molecule has 5 heteroatoms. The molecule has 1 fully saturated rings. The molecule has 1 amide bonds. The Labute approximate surface area is 133 Å². The standard InChI is InChI=1S/C16H24N2O2.ClH/c1-12(2)16(13-6-4-3-5-7-13)18-15(19)10-14-11-20-9-8-17-14;/h3-7,12,14,16-17H,8-11H2,1-2H3,(H,18,19);1H. The van der Waals surface area contributed by atoms with Gasteiger partial charge in [0.15, 0.2) is 0 Å². The maximum absolute atomic E-state index is 12.2. The van der Waals surface area contributed by atoms with Gasteiger partial charge < -0.3 is 15.4 Å². The van der Waals surface area contributed by atoms with Gasteiger partial charge in [-0.1, -0.05) is 44.2 Å². The highest BCUT2D eigenvalue weighted by atomic mass is 35.5. The second-order valence-corrected chi connectivity index (χ2v) is 5.63. The van der Waals surface area contributed by atoms with Crippen LogP contribution in [-0.4, -0.2) is 31.7 Å². The van der Waals surface area contributed by atoms with Gasteiger partial charge >= 0.3 is 0 Å². The highest BCUT2D eigenvalue weighted by Crippen LogP contribution is 2.21. The largest absolute Gasteiger partial charge is 0.378 e. The van der Waals surface area contributed by atoms with Crippen molar-refractivity contribution < 1.29 is 9.53 Å². The van der Waals surface area contributed by atoms with E-state index in [0.29, 0.717) is 18.9 Å². The van der Waals surface area contributed by atoms with Crippen molar-refractivity contribution in [1.82, 2.24) is 10.6 Å². The molecule has 4 nitrogen and oxygen atoms in total. The van der Waals surface area contributed by atoms with Crippen LogP contribution in [0.3, 0.4) is 0 Å². The summed E-state index contributed by atoms with van der Waals surface area (Å²) in [5.41, 5.74) is 1.16. The third-order valence-electron chi connectivity index (χ3n) is 3.57. The molecule has 1 heterocycles. The zero-order valence-corrected chi connectivity index (χ0v) is 13.5. The van der Waals surface area contributed by atoms with Gasteiger partial charge in [0.2, 0.25) is 5.91 Å². The number of hydrogen-bond donors (Lipinski definition) is 2. The molecule has 0 spiro atoms. The molecule has 1 saturated heterocycles. The van der Waals surface area contributed by atoms with Crippen LogP contribution in [0.25, 0.3) is 0 Å². The molecular weight excluding hydrogens is 288 g/mol. The lowest BCUT2D eigenvalue weighted by atomic mass is 9.95. The van der Waals surface area contributed by atoms with Gasteiger partial charge in [0.1, 0.15) is 0 Å². The Bertz CT molecular complexity index is 420. The lowest BCUT2D eigenvalue weighted by Crippen LogP contribution is -2.45. The van der Waals surface area contributed by atoms with E-state index in [1.165, 1.54) is 0 Å². The van der Waals surface area contributed by atoms with E-state index >= 15 is 0 Å². The number of amides is 1. The molecule has 2 atom stereocenters. The second kappa shape index (κ2) is 9.03. The number of hydrogen-bond acceptors (Lipinski definition) is 3. The van der Waals surface area contributed by atoms with E-state index in [1.54, 1.807) is 0 Å². The Morgan fingerprint density at radius 1 is 1.38 bits per heavy atom. The number of ether oxygens (including phenoxy) is 1. The first-order valence-corrected chi connectivity index (χ1v) is 7.32. The summed E-state index contributed by atoms with van der Waals surface area (Å²) >= 11 is 0. The minimum absolute atomic E-state index is 0. The van der Waals surface area contributed by atoms with Crippen LogP contribution in [0.1, 0.15) is 31.9 Å². The van der Waals surface area contributed by atoms with Crippen LogP contribution in [0.15, 0.2) is 30.3 Å². The van der Waals surface area contributed by atoms with Crippen LogP contribution >= 0.6 is 12.4 Å². The first-order valence-electron chi connectivity index (χ1n) is 7.32. The quantitative estimate of drug-likeness (QED) is 0.877. The summed E-state index contributed by atoms with van der Waals surface area (Å²) in [6.07, 6.45) is 0.468. The van der Waals surface area contributed by atoms with Crippen molar-refractivity contribution in [1.29, 1.82) is 0 Å². The molecule has 1 aromatic rings. The van der Waals surface area contributed by atoms with E-state index in [9.17, 15) is 4.79 Å². The van der Waals surface area contributed by atoms with Gasteiger partial charge in [0.25, 0.3) is 0 Å². The predicted octanol–water partition coefficient (Wildman–Crippen LogP) is 2.30. The van der Waals surface area contributed by atoms with Gasteiger partial charge in [0, 0.05) is 19.0 Å². The number of rotatable bonds is 5. The van der Waals surface area contributed by atoms with Crippen LogP contribution in [-0.2, 0) is 9.53 Å². The predicted molar refractivity (Wildman–Crippen MR) is 86.6 cm³/mol. The molecule has 0 aliphatic carbocycles. The first-order chi connectivity index (χ1) is 9.66. The van der Waals surface area contributed by atoms with Crippen molar-refractivity contribution in [2.45, 2.75) is 32.4 Å². The molecule has 0 radical (unpaired) electrons. The lowest BCUT2D eigenvalue weighted by molar-refractivity contribution is -0.123. The summed E-state index contributed by atoms with van der Waals surface area (Å²) in [5.74, 6) is 0.437. The highest BCUT2D eigenvalue weighted by Gasteiger charge is 2.21. The Kier molecular flexibility index (Phi) is 7.72. The second-order valence-electron chi connectivity index (χ2n) is 5.63. The third-order valence-corrected chi connectivity index (χ3v) is 3.57. The Morgan fingerprint density at radius 2 is 2.10 bits per heavy atom. The summed E-state index contributed by atoms with van der Waals surface area (Å²) in [6.45, 7) is 6.42. The van der Waals surface area contributed by atoms with E-state index in [1.807, 2.05) is 18.2 Å². The molecule has 0 aromatic heterocycles. The lowest BCUT2D eigenvalue weighted by Gasteiger charge is -2.26. The normalized spacial score (nSPS) is 19.7. The third kappa shape index (κ3) is 5.65. The van der Waals surface area contributed by atoms with Crippen molar-refractivity contribution in [2.24, 2.45) is 5.92 Å². The minimum Gasteiger partial charge on any atom is -0.378 e. The van der Waals surface area contributed by atoms with E-state index in [4.69, 9.17) is 4.74 Å². The topological polar surface area (TPSA) is 50.4 Å². The van der Waals surface area contributed by atoms with E-state index < -0.39 is 0 Å². The number of carbonyl (C=O) groups is 1. The molecule has 1 aliphatic rings. The first kappa shape index (κ1) is 18.0. The van der Waals surface area contributed by atoms with Gasteiger partial charge in [-0.25, -0.2) is 0 Å². The number of halogens is 1. The van der Waals surface area contributed by atoms with Crippen LogP contribution in [0, 0.1) is 5.92 Å². The molecule has 2 rings (SSSR count). The Balaban J connectivity index is 0.00000220. The monoisotopic (exact) mass is 312 g/mol. The van der Waals surface area contributed by atoms with Gasteiger partial charge in [-0.15, -0.1) is 12.4 Å². The fourth-order valence-electron chi connectivity index (χ4n) is 2.50.